The zero-order valence-corrected chi connectivity index (χ0v) is 55.7. The predicted molar refractivity (Wildman–Crippen MR) is 413 cm³/mol. The predicted octanol–water partition coefficient (Wildman–Crippen LogP) is 22.4. The lowest BCUT2D eigenvalue weighted by atomic mass is 9.33. The standard InChI is InChI=1S/C92H83BN4/c1-5-25-60(26-6-1)72-39-23-40-73(61-27-7-2-8-28-61)91(72)96-86-58-68(94-82-43-19-15-35-76(82)77-36-16-20-44-83(77)94)50-53-80(86)93-81-54-51-69(95-84-45-21-17-37-78(84)79-38-18-22-46-85(79)95)59-87(81)97(92-74(62-29-9-3-10-30-62)41-24-42-75(92)63-31-11-4-12-32-63)89-57-67(56-88(96)90(89)93)65-49-52-71-66(55-65)48-47-64-33-13-14-34-70(64)71/h1,3,5,9,13-22,27,31,33-39,41,43-60,62,73,75,91-92H,2,4,6-8,10-12,23-26,28-30,32,40,42H2. The molecule has 2 aromatic heterocycles. The first kappa shape index (κ1) is 57.7. The minimum atomic E-state index is -0.0547. The highest BCUT2D eigenvalue weighted by Crippen LogP contribution is 2.54. The summed E-state index contributed by atoms with van der Waals surface area (Å²) in [5.41, 5.74) is 26.6. The summed E-state index contributed by atoms with van der Waals surface area (Å²) >= 11 is 0. The van der Waals surface area contributed by atoms with Crippen LogP contribution in [-0.2, 0) is 0 Å². The van der Waals surface area contributed by atoms with Crippen molar-refractivity contribution in [1.82, 2.24) is 9.13 Å². The molecular weight excluding hydrogens is 1170 g/mol. The molecule has 0 spiro atoms. The van der Waals surface area contributed by atoms with E-state index < -0.39 is 0 Å². The summed E-state index contributed by atoms with van der Waals surface area (Å²) in [6.45, 7) is -0.0547. The minimum absolute atomic E-state index is 0.0547. The molecule has 97 heavy (non-hydrogen) atoms. The number of anilines is 4. The third kappa shape index (κ3) is 9.30. The molecule has 5 heteroatoms. The van der Waals surface area contributed by atoms with Crippen molar-refractivity contribution in [2.24, 2.45) is 23.7 Å². The van der Waals surface area contributed by atoms with Crippen LogP contribution in [-0.4, -0.2) is 27.9 Å². The van der Waals surface area contributed by atoms with Crippen molar-refractivity contribution in [3.8, 4) is 22.5 Å². The van der Waals surface area contributed by atoms with Crippen LogP contribution in [0.25, 0.3) is 87.7 Å². The smallest absolute Gasteiger partial charge is 0.252 e. The Morgan fingerprint density at radius 3 is 1.27 bits per heavy atom. The molecule has 0 saturated carbocycles. The number of benzene rings is 10. The second-order valence-electron chi connectivity index (χ2n) is 29.7. The van der Waals surface area contributed by atoms with E-state index in [1.165, 1.54) is 191 Å². The Hall–Kier alpha value is -9.58. The summed E-state index contributed by atoms with van der Waals surface area (Å²) in [4.78, 5) is 6.12. The quantitative estimate of drug-likeness (QED) is 0.0814. The number of allylic oxidation sites excluding steroid dienone is 8. The van der Waals surface area contributed by atoms with Gasteiger partial charge in [-0.15, -0.1) is 0 Å². The number of aromatic nitrogens is 2. The SMILES string of the molecule is C1=CCC(C2=CCCC(C3=CCCCC3)C2N2c3cc(-n4c5ccccc5c5ccccc54)ccc3B3c4ccc(-n5c6ccccc6c6ccccc65)cc4N(C4C(C5CC=CCC5)=CCCC4C4=CCCCC4)c4cc(-c5ccc6c(ccc7ccccc76)c5)cc2c43)CC1. The monoisotopic (exact) mass is 1250 g/mol. The fourth-order valence-electron chi connectivity index (χ4n) is 20.4. The second-order valence-corrected chi connectivity index (χ2v) is 29.7. The van der Waals surface area contributed by atoms with Gasteiger partial charge in [-0.1, -0.05) is 193 Å². The van der Waals surface area contributed by atoms with Crippen LogP contribution >= 0.6 is 0 Å². The summed E-state index contributed by atoms with van der Waals surface area (Å²) in [7, 11) is 0. The maximum atomic E-state index is 3.06. The lowest BCUT2D eigenvalue weighted by molar-refractivity contribution is 0.391. The van der Waals surface area contributed by atoms with Gasteiger partial charge in [-0.2, -0.15) is 0 Å². The molecule has 0 N–H and O–H groups in total. The average Bonchev–Trinajstić information content (AvgIpc) is 1.04. The minimum Gasteiger partial charge on any atom is -0.334 e. The molecule has 4 nitrogen and oxygen atoms in total. The number of hydrogen-bond acceptors (Lipinski definition) is 2. The van der Waals surface area contributed by atoms with E-state index in [1.54, 1.807) is 22.3 Å². The summed E-state index contributed by atoms with van der Waals surface area (Å²) < 4.78 is 5.19. The highest BCUT2D eigenvalue weighted by Gasteiger charge is 2.51. The van der Waals surface area contributed by atoms with Gasteiger partial charge in [-0.05, 0) is 254 Å². The van der Waals surface area contributed by atoms with Crippen molar-refractivity contribution < 1.29 is 0 Å². The first-order valence-corrected chi connectivity index (χ1v) is 37.2. The number of hydrogen-bond donors (Lipinski definition) is 0. The summed E-state index contributed by atoms with van der Waals surface area (Å²) in [5.74, 6) is 1.68. The zero-order valence-electron chi connectivity index (χ0n) is 55.7. The van der Waals surface area contributed by atoms with Crippen LogP contribution in [0.1, 0.15) is 116 Å². The van der Waals surface area contributed by atoms with Crippen LogP contribution in [0.15, 0.2) is 271 Å². The van der Waals surface area contributed by atoms with E-state index in [0.717, 1.165) is 51.4 Å². The summed E-state index contributed by atoms with van der Waals surface area (Å²) in [6.07, 6.45) is 42.3. The van der Waals surface area contributed by atoms with Crippen LogP contribution < -0.4 is 26.2 Å². The normalized spacial score (nSPS) is 22.4. The van der Waals surface area contributed by atoms with Gasteiger partial charge >= 0.3 is 0 Å². The topological polar surface area (TPSA) is 16.3 Å². The summed E-state index contributed by atoms with van der Waals surface area (Å²) in [5, 5.41) is 10.4. The number of nitrogens with zero attached hydrogens (tertiary/aromatic N) is 4. The molecule has 12 aromatic rings. The molecule has 2 aliphatic heterocycles. The van der Waals surface area contributed by atoms with Gasteiger partial charge in [0.05, 0.1) is 34.2 Å². The molecule has 0 amide bonds. The Balaban J connectivity index is 0.925. The van der Waals surface area contributed by atoms with E-state index in [0.29, 0.717) is 23.7 Å². The van der Waals surface area contributed by atoms with Crippen LogP contribution in [0.3, 0.4) is 0 Å². The van der Waals surface area contributed by atoms with E-state index in [2.05, 4.69) is 268 Å². The molecule has 474 valence electrons. The van der Waals surface area contributed by atoms with Gasteiger partial charge in [0.15, 0.2) is 0 Å². The highest BCUT2D eigenvalue weighted by molar-refractivity contribution is 7.00. The van der Waals surface area contributed by atoms with Crippen molar-refractivity contribution in [1.29, 1.82) is 0 Å². The van der Waals surface area contributed by atoms with Crippen LogP contribution in [0, 0.1) is 23.7 Å². The molecule has 8 aliphatic rings. The van der Waals surface area contributed by atoms with Gasteiger partial charge in [-0.3, -0.25) is 0 Å². The van der Waals surface area contributed by atoms with Crippen LogP contribution in [0.2, 0.25) is 0 Å². The van der Waals surface area contributed by atoms with Crippen LogP contribution in [0.5, 0.6) is 0 Å². The van der Waals surface area contributed by atoms with Crippen molar-refractivity contribution in [2.75, 3.05) is 9.80 Å². The van der Waals surface area contributed by atoms with Gasteiger partial charge in [0.25, 0.3) is 6.71 Å². The van der Waals surface area contributed by atoms with Gasteiger partial charge in [0, 0.05) is 67.5 Å². The second kappa shape index (κ2) is 23.6. The Kier molecular flexibility index (Phi) is 14.0. The third-order valence-electron chi connectivity index (χ3n) is 24.7. The maximum Gasteiger partial charge on any atom is 0.252 e. The Morgan fingerprint density at radius 2 is 0.794 bits per heavy atom. The van der Waals surface area contributed by atoms with E-state index in [1.807, 2.05) is 0 Å². The molecule has 20 rings (SSSR count). The first-order chi connectivity index (χ1) is 48.2. The van der Waals surface area contributed by atoms with Crippen LogP contribution in [0.4, 0.5) is 22.7 Å². The number of rotatable bonds is 9. The Morgan fingerprint density at radius 1 is 0.330 bits per heavy atom. The van der Waals surface area contributed by atoms with Crippen molar-refractivity contribution in [3.63, 3.8) is 0 Å². The largest absolute Gasteiger partial charge is 0.334 e. The van der Waals surface area contributed by atoms with E-state index in [4.69, 9.17) is 0 Å². The molecule has 10 aromatic carbocycles. The van der Waals surface area contributed by atoms with Gasteiger partial charge in [0.2, 0.25) is 0 Å². The Labute approximate surface area is 571 Å². The highest BCUT2D eigenvalue weighted by atomic mass is 15.2. The van der Waals surface area contributed by atoms with Crippen molar-refractivity contribution in [3.05, 3.63) is 271 Å². The lowest BCUT2D eigenvalue weighted by Gasteiger charge is -2.53. The molecule has 0 radical (unpaired) electrons. The molecule has 0 saturated heterocycles. The zero-order chi connectivity index (χ0) is 63.7. The molecule has 4 heterocycles. The van der Waals surface area contributed by atoms with Gasteiger partial charge in [-0.25, -0.2) is 0 Å². The fraction of sp³-hybridized carbons (Fsp3) is 0.261. The van der Waals surface area contributed by atoms with Gasteiger partial charge in [0.1, 0.15) is 0 Å². The van der Waals surface area contributed by atoms with Gasteiger partial charge < -0.3 is 18.9 Å². The van der Waals surface area contributed by atoms with Crippen molar-refractivity contribution in [2.45, 2.75) is 128 Å². The average molecular weight is 1260 g/mol. The Bertz CT molecular complexity index is 5030. The number of para-hydroxylation sites is 4. The number of fused-ring (bicyclic) bond motifs is 13. The molecule has 0 fully saturated rings. The van der Waals surface area contributed by atoms with E-state index in [-0.39, 0.29) is 18.8 Å². The van der Waals surface area contributed by atoms with E-state index >= 15 is 0 Å². The third-order valence-corrected chi connectivity index (χ3v) is 24.7. The molecule has 6 unspecified atom stereocenters. The van der Waals surface area contributed by atoms with E-state index in [9.17, 15) is 0 Å². The molecular formula is C92H83BN4. The van der Waals surface area contributed by atoms with Crippen molar-refractivity contribution >= 4 is 111 Å². The molecule has 6 atom stereocenters. The maximum absolute atomic E-state index is 3.06. The molecule has 6 aliphatic carbocycles. The lowest BCUT2D eigenvalue weighted by Crippen LogP contribution is -2.65. The molecule has 0 bridgehead atoms. The summed E-state index contributed by atoms with van der Waals surface area (Å²) in [6, 6.07) is 79.1. The fourth-order valence-corrected chi connectivity index (χ4v) is 20.4. The first-order valence-electron chi connectivity index (χ1n) is 37.2.